The molecule has 0 aromatic heterocycles. The molecular formula is C18H19FO2. The quantitative estimate of drug-likeness (QED) is 0.783. The molecule has 2 aromatic carbocycles. The Morgan fingerprint density at radius 2 is 1.57 bits per heavy atom. The molecule has 0 bridgehead atoms. The molecule has 0 spiro atoms. The molecular weight excluding hydrogens is 267 g/mol. The van der Waals surface area contributed by atoms with Crippen LogP contribution in [0.3, 0.4) is 0 Å². The Morgan fingerprint density at radius 3 is 2.10 bits per heavy atom. The molecule has 110 valence electrons. The monoisotopic (exact) mass is 286 g/mol. The zero-order chi connectivity index (χ0) is 15.6. The molecule has 0 unspecified atom stereocenters. The van der Waals surface area contributed by atoms with Crippen molar-refractivity contribution in [2.24, 2.45) is 0 Å². The number of hydrogen-bond acceptors (Lipinski definition) is 2. The summed E-state index contributed by atoms with van der Waals surface area (Å²) in [6.07, 6.45) is 0. The number of ketones is 1. The minimum atomic E-state index is -0.475. The molecule has 0 aliphatic rings. The van der Waals surface area contributed by atoms with E-state index in [1.807, 2.05) is 12.1 Å². The van der Waals surface area contributed by atoms with Crippen molar-refractivity contribution < 1.29 is 13.9 Å². The molecule has 2 rings (SSSR count). The Bertz CT molecular complexity index is 652. The van der Waals surface area contributed by atoms with Crippen LogP contribution in [0.1, 0.15) is 42.3 Å². The average molecular weight is 286 g/mol. The number of hydrogen-bond donors (Lipinski definition) is 0. The minimum absolute atomic E-state index is 0.0423. The van der Waals surface area contributed by atoms with E-state index in [1.54, 1.807) is 12.1 Å². The fourth-order valence-electron chi connectivity index (χ4n) is 2.09. The van der Waals surface area contributed by atoms with Gasteiger partial charge in [-0.3, -0.25) is 4.79 Å². The van der Waals surface area contributed by atoms with Crippen molar-refractivity contribution >= 4 is 5.78 Å². The smallest absolute Gasteiger partial charge is 0.193 e. The first-order chi connectivity index (χ1) is 9.82. The second-order valence-corrected chi connectivity index (χ2v) is 6.01. The fraction of sp³-hybridized carbons (Fsp3) is 0.278. The first kappa shape index (κ1) is 15.2. The summed E-state index contributed by atoms with van der Waals surface area (Å²) >= 11 is 0. The van der Waals surface area contributed by atoms with E-state index in [4.69, 9.17) is 4.74 Å². The van der Waals surface area contributed by atoms with Gasteiger partial charge in [-0.05, 0) is 29.2 Å². The fourth-order valence-corrected chi connectivity index (χ4v) is 2.09. The molecule has 0 fully saturated rings. The standard InChI is InChI=1S/C18H19FO2/c1-18(2,3)14-8-5-12(6-9-14)17(20)13-7-10-15(19)16(11-13)21-4/h5-11H,1-4H3. The van der Waals surface area contributed by atoms with Gasteiger partial charge >= 0.3 is 0 Å². The van der Waals surface area contributed by atoms with Gasteiger partial charge in [0.25, 0.3) is 0 Å². The van der Waals surface area contributed by atoms with Crippen molar-refractivity contribution in [2.45, 2.75) is 26.2 Å². The molecule has 0 aliphatic heterocycles. The highest BCUT2D eigenvalue weighted by Crippen LogP contribution is 2.24. The van der Waals surface area contributed by atoms with Crippen LogP contribution in [-0.2, 0) is 5.41 Å². The molecule has 0 heterocycles. The lowest BCUT2D eigenvalue weighted by Crippen LogP contribution is -2.11. The van der Waals surface area contributed by atoms with Crippen LogP contribution in [0, 0.1) is 5.82 Å². The zero-order valence-corrected chi connectivity index (χ0v) is 12.7. The van der Waals surface area contributed by atoms with Crippen LogP contribution in [0.25, 0.3) is 0 Å². The second-order valence-electron chi connectivity index (χ2n) is 6.01. The Balaban J connectivity index is 2.32. The molecule has 0 amide bonds. The van der Waals surface area contributed by atoms with Gasteiger partial charge in [-0.25, -0.2) is 4.39 Å². The summed E-state index contributed by atoms with van der Waals surface area (Å²) in [6, 6.07) is 11.7. The van der Waals surface area contributed by atoms with Gasteiger partial charge in [-0.2, -0.15) is 0 Å². The van der Waals surface area contributed by atoms with Gasteiger partial charge in [0, 0.05) is 11.1 Å². The van der Waals surface area contributed by atoms with Gasteiger partial charge in [-0.15, -0.1) is 0 Å². The van der Waals surface area contributed by atoms with Gasteiger partial charge < -0.3 is 4.74 Å². The highest BCUT2D eigenvalue weighted by molar-refractivity contribution is 6.09. The Hall–Kier alpha value is -2.16. The normalized spacial score (nSPS) is 11.3. The van der Waals surface area contributed by atoms with Crippen molar-refractivity contribution in [1.29, 1.82) is 0 Å². The minimum Gasteiger partial charge on any atom is -0.494 e. The third-order valence-corrected chi connectivity index (χ3v) is 3.43. The molecule has 21 heavy (non-hydrogen) atoms. The van der Waals surface area contributed by atoms with Crippen LogP contribution in [-0.4, -0.2) is 12.9 Å². The van der Waals surface area contributed by atoms with Gasteiger partial charge in [-0.1, -0.05) is 45.0 Å². The molecule has 3 heteroatoms. The van der Waals surface area contributed by atoms with Crippen molar-refractivity contribution in [3.63, 3.8) is 0 Å². The summed E-state index contributed by atoms with van der Waals surface area (Å²) < 4.78 is 18.3. The van der Waals surface area contributed by atoms with Crippen LogP contribution in [0.4, 0.5) is 4.39 Å². The van der Waals surface area contributed by atoms with E-state index in [9.17, 15) is 9.18 Å². The molecule has 0 atom stereocenters. The number of halogens is 1. The van der Waals surface area contributed by atoms with Gasteiger partial charge in [0.15, 0.2) is 17.3 Å². The highest BCUT2D eigenvalue weighted by Gasteiger charge is 2.16. The van der Waals surface area contributed by atoms with E-state index in [0.29, 0.717) is 11.1 Å². The number of ether oxygens (including phenoxy) is 1. The molecule has 0 saturated carbocycles. The third-order valence-electron chi connectivity index (χ3n) is 3.43. The SMILES string of the molecule is COc1cc(C(=O)c2ccc(C(C)(C)C)cc2)ccc1F. The van der Waals surface area contributed by atoms with Crippen LogP contribution in [0.15, 0.2) is 42.5 Å². The van der Waals surface area contributed by atoms with Gasteiger partial charge in [0.1, 0.15) is 0 Å². The largest absolute Gasteiger partial charge is 0.494 e. The van der Waals surface area contributed by atoms with E-state index in [2.05, 4.69) is 20.8 Å². The van der Waals surface area contributed by atoms with Crippen LogP contribution < -0.4 is 4.74 Å². The predicted molar refractivity (Wildman–Crippen MR) is 81.5 cm³/mol. The van der Waals surface area contributed by atoms with Crippen molar-refractivity contribution in [3.8, 4) is 5.75 Å². The summed E-state index contributed by atoms with van der Waals surface area (Å²) in [6.45, 7) is 6.36. The van der Waals surface area contributed by atoms with Crippen LogP contribution in [0.2, 0.25) is 0 Å². The van der Waals surface area contributed by atoms with E-state index >= 15 is 0 Å². The van der Waals surface area contributed by atoms with E-state index in [1.165, 1.54) is 25.3 Å². The topological polar surface area (TPSA) is 26.3 Å². The summed E-state index contributed by atoms with van der Waals surface area (Å²) in [4.78, 5) is 12.4. The predicted octanol–water partition coefficient (Wildman–Crippen LogP) is 4.36. The summed E-state index contributed by atoms with van der Waals surface area (Å²) in [7, 11) is 1.38. The third kappa shape index (κ3) is 3.30. The van der Waals surface area contributed by atoms with E-state index < -0.39 is 5.82 Å². The molecule has 0 saturated heterocycles. The van der Waals surface area contributed by atoms with E-state index in [-0.39, 0.29) is 16.9 Å². The molecule has 0 N–H and O–H groups in total. The first-order valence-electron chi connectivity index (χ1n) is 6.81. The van der Waals surface area contributed by atoms with Crippen molar-refractivity contribution in [2.75, 3.05) is 7.11 Å². The average Bonchev–Trinajstić information content (AvgIpc) is 2.46. The van der Waals surface area contributed by atoms with Gasteiger partial charge in [0.05, 0.1) is 7.11 Å². The number of carbonyl (C=O) groups is 1. The maximum atomic E-state index is 13.4. The van der Waals surface area contributed by atoms with Crippen LogP contribution >= 0.6 is 0 Å². The number of carbonyl (C=O) groups excluding carboxylic acids is 1. The highest BCUT2D eigenvalue weighted by atomic mass is 19.1. The molecule has 2 aromatic rings. The Morgan fingerprint density at radius 1 is 1.00 bits per heavy atom. The van der Waals surface area contributed by atoms with Crippen LogP contribution in [0.5, 0.6) is 5.75 Å². The maximum Gasteiger partial charge on any atom is 0.193 e. The lowest BCUT2D eigenvalue weighted by atomic mass is 9.86. The maximum absolute atomic E-state index is 13.4. The Kier molecular flexibility index (Phi) is 4.12. The number of methoxy groups -OCH3 is 1. The summed E-state index contributed by atoms with van der Waals surface area (Å²) in [5.74, 6) is -0.543. The summed E-state index contributed by atoms with van der Waals surface area (Å²) in [5, 5.41) is 0. The molecule has 2 nitrogen and oxygen atoms in total. The molecule has 0 radical (unpaired) electrons. The zero-order valence-electron chi connectivity index (χ0n) is 12.7. The lowest BCUT2D eigenvalue weighted by molar-refractivity contribution is 0.103. The summed E-state index contributed by atoms with van der Waals surface area (Å²) in [5.41, 5.74) is 2.20. The number of benzene rings is 2. The van der Waals surface area contributed by atoms with Crippen molar-refractivity contribution in [3.05, 3.63) is 65.0 Å². The first-order valence-corrected chi connectivity index (χ1v) is 6.81. The number of rotatable bonds is 3. The van der Waals surface area contributed by atoms with Crippen molar-refractivity contribution in [1.82, 2.24) is 0 Å². The van der Waals surface area contributed by atoms with Gasteiger partial charge in [0.2, 0.25) is 0 Å². The Labute approximate surface area is 124 Å². The van der Waals surface area contributed by atoms with E-state index in [0.717, 1.165) is 5.56 Å². The lowest BCUT2D eigenvalue weighted by Gasteiger charge is -2.19. The molecule has 0 aliphatic carbocycles. The second kappa shape index (κ2) is 5.68.